The number of unbranched alkanes of at least 4 members (excludes halogenated alkanes) is 1. The number of aryl methyl sites for hydroxylation is 1. The normalized spacial score (nSPS) is 12.1. The molecule has 4 nitrogen and oxygen atoms in total. The van der Waals surface area contributed by atoms with Gasteiger partial charge >= 0.3 is 0 Å². The Kier molecular flexibility index (Phi) is 8.92. The molecule has 0 radical (unpaired) electrons. The predicted molar refractivity (Wildman–Crippen MR) is 103 cm³/mol. The van der Waals surface area contributed by atoms with Crippen LogP contribution in [-0.2, 0) is 0 Å². The molecule has 0 heterocycles. The molecule has 0 saturated heterocycles. The molecule has 0 aromatic heterocycles. The molecular formula is C18H31N3OS. The summed E-state index contributed by atoms with van der Waals surface area (Å²) >= 11 is 1.85. The lowest BCUT2D eigenvalue weighted by Gasteiger charge is -2.23. The largest absolute Gasteiger partial charge is 0.494 e. The van der Waals surface area contributed by atoms with E-state index in [2.05, 4.69) is 54.8 Å². The minimum absolute atomic E-state index is 0.208. The second kappa shape index (κ2) is 10.4. The van der Waals surface area contributed by atoms with Crippen LogP contribution in [0, 0.1) is 6.92 Å². The number of ether oxygens (including phenoxy) is 1. The lowest BCUT2D eigenvalue weighted by atomic mass is 10.2. The number of guanidine groups is 1. The van der Waals surface area contributed by atoms with E-state index in [0.717, 1.165) is 44.2 Å². The van der Waals surface area contributed by atoms with Gasteiger partial charge in [-0.15, -0.1) is 0 Å². The molecule has 0 aliphatic heterocycles. The van der Waals surface area contributed by atoms with Gasteiger partial charge in [0.25, 0.3) is 0 Å². The first kappa shape index (κ1) is 19.7. The zero-order valence-corrected chi connectivity index (χ0v) is 15.9. The van der Waals surface area contributed by atoms with Crippen molar-refractivity contribution in [3.8, 4) is 5.75 Å². The van der Waals surface area contributed by atoms with Crippen molar-refractivity contribution in [2.24, 2.45) is 4.99 Å². The monoisotopic (exact) mass is 337 g/mol. The number of thioether (sulfide) groups is 1. The van der Waals surface area contributed by atoms with Gasteiger partial charge in [0.2, 0.25) is 0 Å². The van der Waals surface area contributed by atoms with Gasteiger partial charge in [-0.05, 0) is 52.0 Å². The van der Waals surface area contributed by atoms with Crippen LogP contribution in [0.25, 0.3) is 0 Å². The molecule has 1 aromatic carbocycles. The number of benzene rings is 1. The van der Waals surface area contributed by atoms with Gasteiger partial charge in [-0.25, -0.2) is 0 Å². The molecule has 0 bridgehead atoms. The van der Waals surface area contributed by atoms with Gasteiger partial charge in [-0.3, -0.25) is 4.99 Å². The van der Waals surface area contributed by atoms with Crippen molar-refractivity contribution in [1.82, 2.24) is 10.6 Å². The Labute approximate surface area is 145 Å². The highest BCUT2D eigenvalue weighted by Crippen LogP contribution is 2.19. The molecule has 0 unspecified atom stereocenters. The van der Waals surface area contributed by atoms with Gasteiger partial charge in [0, 0.05) is 24.9 Å². The summed E-state index contributed by atoms with van der Waals surface area (Å²) in [5.41, 5.74) is 1.25. The minimum Gasteiger partial charge on any atom is -0.494 e. The highest BCUT2D eigenvalue weighted by Gasteiger charge is 2.15. The Balaban J connectivity index is 2.12. The van der Waals surface area contributed by atoms with Crippen LogP contribution in [0.4, 0.5) is 0 Å². The molecule has 0 aliphatic rings. The zero-order valence-electron chi connectivity index (χ0n) is 15.1. The Morgan fingerprint density at radius 1 is 1.17 bits per heavy atom. The highest BCUT2D eigenvalue weighted by molar-refractivity contribution is 7.99. The Bertz CT molecular complexity index is 472. The van der Waals surface area contributed by atoms with Crippen molar-refractivity contribution < 1.29 is 4.74 Å². The summed E-state index contributed by atoms with van der Waals surface area (Å²) in [6.07, 6.45) is 4.21. The first-order valence-electron chi connectivity index (χ1n) is 8.16. The fourth-order valence-electron chi connectivity index (χ4n) is 1.85. The molecule has 23 heavy (non-hydrogen) atoms. The number of rotatable bonds is 9. The molecular weight excluding hydrogens is 306 g/mol. The summed E-state index contributed by atoms with van der Waals surface area (Å²) in [6, 6.07) is 8.19. The summed E-state index contributed by atoms with van der Waals surface area (Å²) in [4.78, 5) is 4.25. The van der Waals surface area contributed by atoms with E-state index < -0.39 is 0 Å². The molecule has 130 valence electrons. The fourth-order valence-corrected chi connectivity index (χ4v) is 2.06. The molecule has 1 aromatic rings. The van der Waals surface area contributed by atoms with E-state index in [1.807, 2.05) is 30.9 Å². The molecule has 2 N–H and O–H groups in total. The quantitative estimate of drug-likeness (QED) is 0.411. The van der Waals surface area contributed by atoms with Crippen molar-refractivity contribution in [3.63, 3.8) is 0 Å². The lowest BCUT2D eigenvalue weighted by Crippen LogP contribution is -2.43. The lowest BCUT2D eigenvalue weighted by molar-refractivity contribution is 0.307. The van der Waals surface area contributed by atoms with Gasteiger partial charge in [0.15, 0.2) is 5.96 Å². The average Bonchev–Trinajstić information content (AvgIpc) is 2.55. The SMILES string of the molecule is CN=C(NCCCCOc1ccc(C)cc1)NCC(C)(C)SC. The molecule has 0 spiro atoms. The first-order valence-corrected chi connectivity index (χ1v) is 9.38. The van der Waals surface area contributed by atoms with E-state index in [1.165, 1.54) is 5.56 Å². The maximum absolute atomic E-state index is 5.72. The Morgan fingerprint density at radius 2 is 1.87 bits per heavy atom. The molecule has 0 fully saturated rings. The van der Waals surface area contributed by atoms with Crippen LogP contribution in [0.1, 0.15) is 32.3 Å². The molecule has 0 aliphatic carbocycles. The minimum atomic E-state index is 0.208. The number of hydrogen-bond donors (Lipinski definition) is 2. The summed E-state index contributed by atoms with van der Waals surface area (Å²) in [7, 11) is 1.81. The fraction of sp³-hybridized carbons (Fsp3) is 0.611. The summed E-state index contributed by atoms with van der Waals surface area (Å²) in [6.45, 7) is 9.06. The summed E-state index contributed by atoms with van der Waals surface area (Å²) in [5.74, 6) is 1.81. The zero-order chi connectivity index (χ0) is 17.1. The van der Waals surface area contributed by atoms with Crippen LogP contribution in [0.5, 0.6) is 5.75 Å². The second-order valence-electron chi connectivity index (χ2n) is 6.18. The number of hydrogen-bond acceptors (Lipinski definition) is 3. The average molecular weight is 338 g/mol. The van der Waals surface area contributed by atoms with E-state index in [0.29, 0.717) is 0 Å². The van der Waals surface area contributed by atoms with Crippen molar-refractivity contribution in [1.29, 1.82) is 0 Å². The third kappa shape index (κ3) is 8.74. The van der Waals surface area contributed by atoms with E-state index in [9.17, 15) is 0 Å². The molecule has 1 rings (SSSR count). The van der Waals surface area contributed by atoms with Crippen molar-refractivity contribution >= 4 is 17.7 Å². The number of aliphatic imine (C=N–C) groups is 1. The molecule has 0 saturated carbocycles. The summed E-state index contributed by atoms with van der Waals surface area (Å²) in [5, 5.41) is 6.72. The van der Waals surface area contributed by atoms with Gasteiger partial charge < -0.3 is 15.4 Å². The van der Waals surface area contributed by atoms with Crippen molar-refractivity contribution in [3.05, 3.63) is 29.8 Å². The van der Waals surface area contributed by atoms with Gasteiger partial charge in [0.1, 0.15) is 5.75 Å². The Hall–Kier alpha value is -1.36. The predicted octanol–water partition coefficient (Wildman–Crippen LogP) is 3.46. The van der Waals surface area contributed by atoms with Crippen LogP contribution in [-0.4, -0.2) is 43.7 Å². The van der Waals surface area contributed by atoms with Gasteiger partial charge in [-0.1, -0.05) is 17.7 Å². The van der Waals surface area contributed by atoms with E-state index in [4.69, 9.17) is 4.74 Å². The topological polar surface area (TPSA) is 45.7 Å². The molecule has 0 atom stereocenters. The van der Waals surface area contributed by atoms with Gasteiger partial charge in [-0.2, -0.15) is 11.8 Å². The van der Waals surface area contributed by atoms with Crippen molar-refractivity contribution in [2.45, 2.75) is 38.4 Å². The third-order valence-electron chi connectivity index (χ3n) is 3.61. The van der Waals surface area contributed by atoms with E-state index in [-0.39, 0.29) is 4.75 Å². The van der Waals surface area contributed by atoms with Crippen LogP contribution in [0.3, 0.4) is 0 Å². The van der Waals surface area contributed by atoms with Crippen LogP contribution >= 0.6 is 11.8 Å². The van der Waals surface area contributed by atoms with E-state index >= 15 is 0 Å². The summed E-state index contributed by atoms with van der Waals surface area (Å²) < 4.78 is 5.93. The Morgan fingerprint density at radius 3 is 2.48 bits per heavy atom. The standard InChI is InChI=1S/C18H31N3OS/c1-15-8-10-16(11-9-15)22-13-7-6-12-20-17(19-4)21-14-18(2,3)23-5/h8-11H,6-7,12-14H2,1-5H3,(H2,19,20,21). The maximum Gasteiger partial charge on any atom is 0.191 e. The second-order valence-corrected chi connectivity index (χ2v) is 7.70. The van der Waals surface area contributed by atoms with E-state index in [1.54, 1.807) is 0 Å². The molecule has 5 heteroatoms. The smallest absolute Gasteiger partial charge is 0.191 e. The van der Waals surface area contributed by atoms with Crippen LogP contribution in [0.2, 0.25) is 0 Å². The maximum atomic E-state index is 5.72. The molecule has 0 amide bonds. The third-order valence-corrected chi connectivity index (χ3v) is 4.86. The van der Waals surface area contributed by atoms with Gasteiger partial charge in [0.05, 0.1) is 6.61 Å². The number of nitrogens with zero attached hydrogens (tertiary/aromatic N) is 1. The van der Waals surface area contributed by atoms with Crippen LogP contribution < -0.4 is 15.4 Å². The van der Waals surface area contributed by atoms with Crippen LogP contribution in [0.15, 0.2) is 29.3 Å². The van der Waals surface area contributed by atoms with Crippen molar-refractivity contribution in [2.75, 3.05) is 33.0 Å². The first-order chi connectivity index (χ1) is 11.0. The number of nitrogens with one attached hydrogen (secondary N) is 2. The highest BCUT2D eigenvalue weighted by atomic mass is 32.2.